The summed E-state index contributed by atoms with van der Waals surface area (Å²) >= 11 is 0. The van der Waals surface area contributed by atoms with E-state index < -0.39 is 23.3 Å². The number of nitrogens with zero attached hydrogens (tertiary/aromatic N) is 1. The van der Waals surface area contributed by atoms with Crippen LogP contribution in [0.15, 0.2) is 30.3 Å². The van der Waals surface area contributed by atoms with Gasteiger partial charge >= 0.3 is 0 Å². The summed E-state index contributed by atoms with van der Waals surface area (Å²) in [6.45, 7) is 0. The van der Waals surface area contributed by atoms with E-state index in [-0.39, 0.29) is 11.4 Å². The van der Waals surface area contributed by atoms with Crippen molar-refractivity contribution in [1.29, 1.82) is 0 Å². The van der Waals surface area contributed by atoms with Crippen molar-refractivity contribution in [2.45, 2.75) is 0 Å². The van der Waals surface area contributed by atoms with E-state index >= 15 is 0 Å². The Kier molecular flexibility index (Phi) is 2.51. The lowest BCUT2D eigenvalue weighted by Crippen LogP contribution is -1.92. The number of H-pyrrole nitrogens is 1. The number of aromatic amines is 1. The van der Waals surface area contributed by atoms with E-state index in [0.717, 1.165) is 12.1 Å². The Labute approximate surface area is 104 Å². The highest BCUT2D eigenvalue weighted by Gasteiger charge is 2.14. The van der Waals surface area contributed by atoms with Gasteiger partial charge in [0, 0.05) is 5.56 Å². The average Bonchev–Trinajstić information content (AvgIpc) is 2.78. The van der Waals surface area contributed by atoms with Gasteiger partial charge in [0.25, 0.3) is 0 Å². The van der Waals surface area contributed by atoms with Gasteiger partial charge < -0.3 is 4.98 Å². The van der Waals surface area contributed by atoms with E-state index in [9.17, 15) is 17.6 Å². The molecular weight excluding hydrogens is 260 g/mol. The van der Waals surface area contributed by atoms with Crippen molar-refractivity contribution >= 4 is 11.0 Å². The topological polar surface area (TPSA) is 28.7 Å². The first kappa shape index (κ1) is 11.7. The molecule has 0 aliphatic heterocycles. The summed E-state index contributed by atoms with van der Waals surface area (Å²) in [4.78, 5) is 6.78. The minimum absolute atomic E-state index is 0.0491. The van der Waals surface area contributed by atoms with Crippen molar-refractivity contribution < 1.29 is 17.6 Å². The number of aromatic nitrogens is 2. The number of rotatable bonds is 1. The summed E-state index contributed by atoms with van der Waals surface area (Å²) < 4.78 is 52.1. The van der Waals surface area contributed by atoms with Crippen molar-refractivity contribution in [3.8, 4) is 11.4 Å². The fourth-order valence-corrected chi connectivity index (χ4v) is 1.81. The smallest absolute Gasteiger partial charge is 0.194 e. The van der Waals surface area contributed by atoms with Crippen molar-refractivity contribution in [1.82, 2.24) is 9.97 Å². The predicted octanol–water partition coefficient (Wildman–Crippen LogP) is 3.79. The van der Waals surface area contributed by atoms with Crippen LogP contribution >= 0.6 is 0 Å². The number of hydrogen-bond acceptors (Lipinski definition) is 1. The minimum Gasteiger partial charge on any atom is -0.338 e. The molecule has 0 spiro atoms. The number of hydrogen-bond donors (Lipinski definition) is 1. The zero-order valence-corrected chi connectivity index (χ0v) is 9.35. The molecule has 1 aromatic heterocycles. The molecule has 2 nitrogen and oxygen atoms in total. The Hall–Kier alpha value is -2.37. The molecule has 1 heterocycles. The second-order valence-corrected chi connectivity index (χ2v) is 4.00. The number of benzene rings is 2. The third-order valence-corrected chi connectivity index (χ3v) is 2.70. The molecule has 3 aromatic rings. The lowest BCUT2D eigenvalue weighted by Gasteiger charge is -1.99. The Bertz CT molecular complexity index is 756. The Morgan fingerprint density at radius 2 is 1.58 bits per heavy atom. The molecule has 0 radical (unpaired) electrons. The third kappa shape index (κ3) is 1.95. The highest BCUT2D eigenvalue weighted by Crippen LogP contribution is 2.24. The van der Waals surface area contributed by atoms with Crippen molar-refractivity contribution in [3.05, 3.63) is 53.6 Å². The highest BCUT2D eigenvalue weighted by molar-refractivity contribution is 5.79. The Balaban J connectivity index is 2.19. The number of nitrogens with one attached hydrogen (secondary N) is 1. The molecule has 96 valence electrons. The quantitative estimate of drug-likeness (QED) is 0.527. The summed E-state index contributed by atoms with van der Waals surface area (Å²) in [5.41, 5.74) is 0.884. The number of halogens is 4. The second kappa shape index (κ2) is 4.08. The molecule has 6 heteroatoms. The van der Waals surface area contributed by atoms with E-state index in [4.69, 9.17) is 0 Å². The van der Waals surface area contributed by atoms with E-state index in [0.29, 0.717) is 11.0 Å². The van der Waals surface area contributed by atoms with Crippen LogP contribution in [-0.4, -0.2) is 9.97 Å². The molecule has 0 amide bonds. The Morgan fingerprint density at radius 1 is 0.895 bits per heavy atom. The lowest BCUT2D eigenvalue weighted by atomic mass is 10.2. The second-order valence-electron chi connectivity index (χ2n) is 4.00. The minimum atomic E-state index is -1.54. The molecule has 0 atom stereocenters. The molecule has 1 N–H and O–H groups in total. The van der Waals surface area contributed by atoms with Crippen LogP contribution in [0.4, 0.5) is 17.6 Å². The number of imidazole rings is 1. The van der Waals surface area contributed by atoms with E-state index in [1.54, 1.807) is 0 Å². The predicted molar refractivity (Wildman–Crippen MR) is 61.4 cm³/mol. The van der Waals surface area contributed by atoms with Gasteiger partial charge in [-0.2, -0.15) is 0 Å². The summed E-state index contributed by atoms with van der Waals surface area (Å²) in [5.74, 6) is -4.47. The van der Waals surface area contributed by atoms with Crippen LogP contribution in [0.2, 0.25) is 0 Å². The van der Waals surface area contributed by atoms with Gasteiger partial charge in [-0.05, 0) is 30.3 Å². The van der Waals surface area contributed by atoms with Crippen LogP contribution in [0.25, 0.3) is 22.4 Å². The van der Waals surface area contributed by atoms with Gasteiger partial charge in [-0.25, -0.2) is 22.5 Å². The first-order chi connectivity index (χ1) is 9.04. The van der Waals surface area contributed by atoms with Gasteiger partial charge in [-0.15, -0.1) is 0 Å². The highest BCUT2D eigenvalue weighted by atomic mass is 19.2. The zero-order valence-electron chi connectivity index (χ0n) is 9.35. The first-order valence-electron chi connectivity index (χ1n) is 5.35. The maximum atomic E-state index is 13.1. The molecule has 0 bridgehead atoms. The fraction of sp³-hybridized carbons (Fsp3) is 0. The monoisotopic (exact) mass is 266 g/mol. The van der Waals surface area contributed by atoms with Crippen LogP contribution in [0, 0.1) is 23.3 Å². The molecule has 3 rings (SSSR count). The first-order valence-corrected chi connectivity index (χ1v) is 5.35. The Morgan fingerprint density at radius 3 is 2.26 bits per heavy atom. The summed E-state index contributed by atoms with van der Waals surface area (Å²) in [6.07, 6.45) is 0. The van der Waals surface area contributed by atoms with Gasteiger partial charge in [0.1, 0.15) is 11.6 Å². The molecule has 0 saturated carbocycles. The molecule has 0 aliphatic carbocycles. The molecule has 0 aliphatic rings. The summed E-state index contributed by atoms with van der Waals surface area (Å²) in [7, 11) is 0. The van der Waals surface area contributed by atoms with Crippen LogP contribution in [-0.2, 0) is 0 Å². The molecule has 0 fully saturated rings. The maximum absolute atomic E-state index is 13.1. The van der Waals surface area contributed by atoms with E-state index in [1.807, 2.05) is 0 Å². The molecular formula is C13H6F4N2. The fourth-order valence-electron chi connectivity index (χ4n) is 1.81. The van der Waals surface area contributed by atoms with Gasteiger partial charge in [-0.3, -0.25) is 0 Å². The van der Waals surface area contributed by atoms with E-state index in [2.05, 4.69) is 9.97 Å². The normalized spacial score (nSPS) is 11.2. The largest absolute Gasteiger partial charge is 0.338 e. The zero-order chi connectivity index (χ0) is 13.6. The van der Waals surface area contributed by atoms with E-state index in [1.165, 1.54) is 18.2 Å². The van der Waals surface area contributed by atoms with Crippen LogP contribution in [0.3, 0.4) is 0 Å². The molecule has 2 aromatic carbocycles. The van der Waals surface area contributed by atoms with Crippen LogP contribution in [0.5, 0.6) is 0 Å². The summed E-state index contributed by atoms with van der Waals surface area (Å²) in [6, 6.07) is 5.51. The molecule has 0 unspecified atom stereocenters. The molecule has 19 heavy (non-hydrogen) atoms. The van der Waals surface area contributed by atoms with Gasteiger partial charge in [0.05, 0.1) is 11.0 Å². The maximum Gasteiger partial charge on any atom is 0.194 e. The molecule has 0 saturated heterocycles. The van der Waals surface area contributed by atoms with Gasteiger partial charge in [-0.1, -0.05) is 0 Å². The van der Waals surface area contributed by atoms with Gasteiger partial charge in [0.15, 0.2) is 17.5 Å². The third-order valence-electron chi connectivity index (χ3n) is 2.70. The standard InChI is InChI=1S/C13H6F4N2/c14-7-1-2-10-11(5-7)19-13(18-10)6-3-8(15)12(17)9(16)4-6/h1-5H,(H,18,19). The van der Waals surface area contributed by atoms with Crippen molar-refractivity contribution in [2.24, 2.45) is 0 Å². The van der Waals surface area contributed by atoms with Crippen molar-refractivity contribution in [2.75, 3.05) is 0 Å². The van der Waals surface area contributed by atoms with Gasteiger partial charge in [0.2, 0.25) is 0 Å². The SMILES string of the molecule is Fc1ccc2nc(-c3cc(F)c(F)c(F)c3)[nH]c2c1. The van der Waals surface area contributed by atoms with Crippen LogP contribution < -0.4 is 0 Å². The lowest BCUT2D eigenvalue weighted by molar-refractivity contribution is 0.447. The van der Waals surface area contributed by atoms with Crippen molar-refractivity contribution in [3.63, 3.8) is 0 Å². The number of fused-ring (bicyclic) bond motifs is 1. The summed E-state index contributed by atoms with van der Waals surface area (Å²) in [5, 5.41) is 0. The average molecular weight is 266 g/mol. The van der Waals surface area contributed by atoms with Crippen LogP contribution in [0.1, 0.15) is 0 Å².